The Bertz CT molecular complexity index is 1090. The van der Waals surface area contributed by atoms with Crippen molar-refractivity contribution in [3.63, 3.8) is 0 Å². The zero-order chi connectivity index (χ0) is 23.6. The van der Waals surface area contributed by atoms with Gasteiger partial charge in [0, 0.05) is 18.9 Å². The lowest BCUT2D eigenvalue weighted by Crippen LogP contribution is -2.50. The van der Waals surface area contributed by atoms with Crippen LogP contribution in [0.4, 0.5) is 4.79 Å². The largest absolute Gasteiger partial charge is 0.481 e. The number of β-amino-alcohol motifs (C(OH)–C–C–N with tert-alkyl or cyclic N) is 1. The van der Waals surface area contributed by atoms with E-state index in [4.69, 9.17) is 11.2 Å². The van der Waals surface area contributed by atoms with E-state index in [0.717, 1.165) is 22.3 Å². The smallest absolute Gasteiger partial charge is 0.407 e. The van der Waals surface area contributed by atoms with Crippen LogP contribution in [0.25, 0.3) is 11.1 Å². The van der Waals surface area contributed by atoms with E-state index < -0.39 is 36.0 Å². The van der Waals surface area contributed by atoms with E-state index in [2.05, 4.69) is 11.2 Å². The molecule has 8 heteroatoms. The monoisotopic (exact) mass is 448 g/mol. The van der Waals surface area contributed by atoms with Crippen LogP contribution < -0.4 is 5.32 Å². The summed E-state index contributed by atoms with van der Waals surface area (Å²) in [5.41, 5.74) is 2.78. The normalized spacial score (nSPS) is 19.8. The van der Waals surface area contributed by atoms with Gasteiger partial charge in [-0.2, -0.15) is 0 Å². The van der Waals surface area contributed by atoms with Gasteiger partial charge in [-0.05, 0) is 22.3 Å². The number of fused-ring (bicyclic) bond motifs is 3. The van der Waals surface area contributed by atoms with Crippen LogP contribution in [-0.2, 0) is 14.3 Å². The molecule has 0 aromatic heterocycles. The van der Waals surface area contributed by atoms with Crippen LogP contribution in [0.1, 0.15) is 29.9 Å². The molecule has 0 saturated carbocycles. The Hall–Kier alpha value is -3.83. The van der Waals surface area contributed by atoms with Crippen LogP contribution in [0.15, 0.2) is 48.5 Å². The van der Waals surface area contributed by atoms with Gasteiger partial charge in [0.05, 0.1) is 13.0 Å². The highest BCUT2D eigenvalue weighted by molar-refractivity contribution is 5.89. The molecule has 1 aliphatic heterocycles. The fourth-order valence-electron chi connectivity index (χ4n) is 4.48. The molecule has 2 aromatic rings. The summed E-state index contributed by atoms with van der Waals surface area (Å²) < 4.78 is 5.43. The fourth-order valence-corrected chi connectivity index (χ4v) is 4.48. The van der Waals surface area contributed by atoms with Gasteiger partial charge in [-0.3, -0.25) is 9.59 Å². The number of amides is 2. The Kier molecular flexibility index (Phi) is 6.07. The molecule has 2 atom stereocenters. The van der Waals surface area contributed by atoms with Crippen LogP contribution in [0.3, 0.4) is 0 Å². The number of hydrogen-bond acceptors (Lipinski definition) is 5. The number of aliphatic hydroxyl groups is 1. The number of carboxylic acid groups (broad SMARTS) is 1. The average molecular weight is 448 g/mol. The number of nitrogens with one attached hydrogen (secondary N) is 1. The van der Waals surface area contributed by atoms with Crippen molar-refractivity contribution in [1.82, 2.24) is 10.2 Å². The molecule has 0 bridgehead atoms. The molecule has 0 spiro atoms. The van der Waals surface area contributed by atoms with E-state index in [0.29, 0.717) is 0 Å². The lowest BCUT2D eigenvalue weighted by atomic mass is 9.98. The van der Waals surface area contributed by atoms with Crippen molar-refractivity contribution in [2.45, 2.75) is 30.4 Å². The summed E-state index contributed by atoms with van der Waals surface area (Å²) in [4.78, 5) is 37.9. The summed E-state index contributed by atoms with van der Waals surface area (Å²) in [7, 11) is 0. The van der Waals surface area contributed by atoms with E-state index in [1.54, 1.807) is 0 Å². The van der Waals surface area contributed by atoms with Gasteiger partial charge in [-0.25, -0.2) is 4.79 Å². The molecule has 1 aliphatic carbocycles. The molecule has 1 saturated heterocycles. The molecule has 4 rings (SSSR count). The van der Waals surface area contributed by atoms with E-state index in [9.17, 15) is 24.6 Å². The van der Waals surface area contributed by atoms with Gasteiger partial charge in [0.1, 0.15) is 18.2 Å². The summed E-state index contributed by atoms with van der Waals surface area (Å²) in [5.74, 6) is 0.202. The average Bonchev–Trinajstić information content (AvgIpc) is 3.35. The number of carbonyl (C=O) groups excluding carboxylic acids is 2. The Morgan fingerprint density at radius 1 is 1.15 bits per heavy atom. The fraction of sp³-hybridized carbons (Fsp3) is 0.320. The third kappa shape index (κ3) is 4.54. The zero-order valence-corrected chi connectivity index (χ0v) is 17.9. The Labute approximate surface area is 191 Å². The number of benzene rings is 2. The first-order chi connectivity index (χ1) is 15.8. The molecule has 2 unspecified atom stereocenters. The number of rotatable bonds is 6. The summed E-state index contributed by atoms with van der Waals surface area (Å²) >= 11 is 0. The van der Waals surface area contributed by atoms with Crippen LogP contribution in [0.2, 0.25) is 0 Å². The van der Waals surface area contributed by atoms with Crippen molar-refractivity contribution in [1.29, 1.82) is 0 Å². The molecule has 1 fully saturated rings. The summed E-state index contributed by atoms with van der Waals surface area (Å²) in [5, 5.41) is 21.8. The highest BCUT2D eigenvalue weighted by Crippen LogP contribution is 2.44. The lowest BCUT2D eigenvalue weighted by molar-refractivity contribution is -0.142. The number of aliphatic carboxylic acids is 1. The number of ether oxygens (including phenoxy) is 1. The third-order valence-corrected chi connectivity index (χ3v) is 6.14. The van der Waals surface area contributed by atoms with Gasteiger partial charge in [0.15, 0.2) is 0 Å². The van der Waals surface area contributed by atoms with Crippen molar-refractivity contribution in [3.05, 3.63) is 59.7 Å². The maximum absolute atomic E-state index is 12.8. The second-order valence-corrected chi connectivity index (χ2v) is 8.31. The Morgan fingerprint density at radius 2 is 1.76 bits per heavy atom. The van der Waals surface area contributed by atoms with E-state index in [1.165, 1.54) is 4.90 Å². The molecule has 2 aromatic carbocycles. The van der Waals surface area contributed by atoms with Gasteiger partial charge in [0.2, 0.25) is 5.91 Å². The van der Waals surface area contributed by atoms with Crippen molar-refractivity contribution in [3.8, 4) is 23.5 Å². The molecule has 170 valence electrons. The molecule has 2 aliphatic rings. The molecule has 8 nitrogen and oxygen atoms in total. The Balaban J connectivity index is 1.43. The first-order valence-corrected chi connectivity index (χ1v) is 10.6. The van der Waals surface area contributed by atoms with E-state index in [1.807, 2.05) is 48.5 Å². The van der Waals surface area contributed by atoms with Crippen molar-refractivity contribution < 1.29 is 29.3 Å². The van der Waals surface area contributed by atoms with Gasteiger partial charge in [0.25, 0.3) is 0 Å². The summed E-state index contributed by atoms with van der Waals surface area (Å²) in [6, 6.07) is 14.4. The highest BCUT2D eigenvalue weighted by Gasteiger charge is 2.40. The highest BCUT2D eigenvalue weighted by atomic mass is 16.5. The summed E-state index contributed by atoms with van der Waals surface area (Å²) in [6.07, 6.45) is 3.99. The third-order valence-electron chi connectivity index (χ3n) is 6.14. The Morgan fingerprint density at radius 3 is 2.30 bits per heavy atom. The zero-order valence-electron chi connectivity index (χ0n) is 17.9. The topological polar surface area (TPSA) is 116 Å². The SMILES string of the molecule is C#CC1(O)CCN(C(=O)C(CC(=O)O)NC(=O)OCC2c3ccccc3-c3ccccc32)C1. The first kappa shape index (κ1) is 22.4. The minimum Gasteiger partial charge on any atom is -0.481 e. The molecule has 1 heterocycles. The predicted molar refractivity (Wildman–Crippen MR) is 119 cm³/mol. The molecule has 2 amide bonds. The van der Waals surface area contributed by atoms with Crippen molar-refractivity contribution >= 4 is 18.0 Å². The van der Waals surface area contributed by atoms with Crippen LogP contribution >= 0.6 is 0 Å². The number of likely N-dealkylation sites (tertiary alicyclic amines) is 1. The van der Waals surface area contributed by atoms with Gasteiger partial charge >= 0.3 is 12.1 Å². The number of carbonyl (C=O) groups is 3. The van der Waals surface area contributed by atoms with Crippen molar-refractivity contribution in [2.24, 2.45) is 0 Å². The van der Waals surface area contributed by atoms with Gasteiger partial charge in [-0.15, -0.1) is 6.42 Å². The minimum absolute atomic E-state index is 0.0361. The van der Waals surface area contributed by atoms with Gasteiger partial charge in [-0.1, -0.05) is 54.5 Å². The molecule has 33 heavy (non-hydrogen) atoms. The second-order valence-electron chi connectivity index (χ2n) is 8.31. The number of hydrogen-bond donors (Lipinski definition) is 3. The maximum atomic E-state index is 12.8. The van der Waals surface area contributed by atoms with Crippen LogP contribution in [-0.4, -0.2) is 64.4 Å². The first-order valence-electron chi connectivity index (χ1n) is 10.6. The van der Waals surface area contributed by atoms with Crippen LogP contribution in [0, 0.1) is 12.3 Å². The summed E-state index contributed by atoms with van der Waals surface area (Å²) in [6.45, 7) is 0.0846. The number of nitrogens with zero attached hydrogens (tertiary/aromatic N) is 1. The number of carboxylic acids is 1. The van der Waals surface area contributed by atoms with Crippen molar-refractivity contribution in [2.75, 3.05) is 19.7 Å². The maximum Gasteiger partial charge on any atom is 0.407 e. The molecule has 0 radical (unpaired) electrons. The lowest BCUT2D eigenvalue weighted by Gasteiger charge is -2.24. The second kappa shape index (κ2) is 8.96. The molecular formula is C25H24N2O6. The molecule has 3 N–H and O–H groups in total. The number of terminal acetylenes is 1. The number of alkyl carbamates (subject to hydrolysis) is 1. The van der Waals surface area contributed by atoms with E-state index >= 15 is 0 Å². The molecular weight excluding hydrogens is 424 g/mol. The van der Waals surface area contributed by atoms with Gasteiger partial charge < -0.3 is 25.2 Å². The minimum atomic E-state index is -1.45. The van der Waals surface area contributed by atoms with Crippen LogP contribution in [0.5, 0.6) is 0 Å². The quantitative estimate of drug-likeness (QED) is 0.582. The standard InChI is InChI=1S/C25H24N2O6/c1-2-25(32)11-12-27(15-25)23(30)21(13-22(28)29)26-24(31)33-14-20-18-9-5-3-7-16(18)17-8-4-6-10-19(17)20/h1,3-10,20-21,32H,11-15H2,(H,26,31)(H,28,29). The predicted octanol–water partition coefficient (Wildman–Crippen LogP) is 1.96. The van der Waals surface area contributed by atoms with E-state index in [-0.39, 0.29) is 32.0 Å².